The molecule has 2 aromatic rings. The van der Waals surface area contributed by atoms with Gasteiger partial charge in [0.1, 0.15) is 5.75 Å². The molecule has 0 saturated carbocycles. The van der Waals surface area contributed by atoms with Crippen LogP contribution in [0.25, 0.3) is 10.2 Å². The molecule has 2 heterocycles. The Morgan fingerprint density at radius 2 is 2.04 bits per heavy atom. The van der Waals surface area contributed by atoms with Crippen molar-refractivity contribution in [2.45, 2.75) is 39.2 Å². The van der Waals surface area contributed by atoms with Crippen LogP contribution in [0, 0.1) is 5.92 Å². The molecule has 24 heavy (non-hydrogen) atoms. The SMILES string of the molecule is COc1ccc2nc(N3CCC(C(=O)NC(C)(C)C)CC3)sc2c1. The Morgan fingerprint density at radius 1 is 1.33 bits per heavy atom. The maximum atomic E-state index is 12.3. The number of anilines is 1. The number of hydrogen-bond acceptors (Lipinski definition) is 5. The summed E-state index contributed by atoms with van der Waals surface area (Å²) in [6.45, 7) is 7.82. The molecule has 0 unspecified atom stereocenters. The number of fused-ring (bicyclic) bond motifs is 1. The van der Waals surface area contributed by atoms with Crippen LogP contribution in [0.5, 0.6) is 5.75 Å². The Kier molecular flexibility index (Phi) is 4.67. The molecule has 1 aliphatic rings. The molecule has 1 aromatic heterocycles. The molecular formula is C18H25N3O2S. The average molecular weight is 347 g/mol. The molecule has 6 heteroatoms. The first-order valence-corrected chi connectivity index (χ1v) is 9.19. The highest BCUT2D eigenvalue weighted by Gasteiger charge is 2.28. The van der Waals surface area contributed by atoms with Crippen molar-refractivity contribution in [1.82, 2.24) is 10.3 Å². The first-order chi connectivity index (χ1) is 11.4. The molecule has 0 spiro atoms. The lowest BCUT2D eigenvalue weighted by Gasteiger charge is -2.32. The first-order valence-electron chi connectivity index (χ1n) is 8.37. The van der Waals surface area contributed by atoms with Crippen LogP contribution in [0.15, 0.2) is 18.2 Å². The van der Waals surface area contributed by atoms with E-state index in [0.717, 1.165) is 47.0 Å². The zero-order valence-electron chi connectivity index (χ0n) is 14.8. The van der Waals surface area contributed by atoms with E-state index in [4.69, 9.17) is 9.72 Å². The third-order valence-electron chi connectivity index (χ3n) is 4.22. The van der Waals surface area contributed by atoms with Crippen molar-refractivity contribution in [3.05, 3.63) is 18.2 Å². The van der Waals surface area contributed by atoms with E-state index in [0.29, 0.717) is 0 Å². The van der Waals surface area contributed by atoms with Gasteiger partial charge in [0.25, 0.3) is 0 Å². The van der Waals surface area contributed by atoms with Crippen LogP contribution < -0.4 is 15.0 Å². The molecule has 0 radical (unpaired) electrons. The van der Waals surface area contributed by atoms with Gasteiger partial charge in [0.15, 0.2) is 5.13 Å². The van der Waals surface area contributed by atoms with Gasteiger partial charge in [0.05, 0.1) is 17.3 Å². The number of aromatic nitrogens is 1. The fourth-order valence-electron chi connectivity index (χ4n) is 2.96. The molecule has 130 valence electrons. The summed E-state index contributed by atoms with van der Waals surface area (Å²) in [6, 6.07) is 5.96. The van der Waals surface area contributed by atoms with Gasteiger partial charge in [-0.2, -0.15) is 0 Å². The van der Waals surface area contributed by atoms with E-state index < -0.39 is 0 Å². The van der Waals surface area contributed by atoms with Gasteiger partial charge in [0, 0.05) is 24.5 Å². The standard InChI is InChI=1S/C18H25N3O2S/c1-18(2,3)20-16(22)12-7-9-21(10-8-12)17-19-14-6-5-13(23-4)11-15(14)24-17/h5-6,11-12H,7-10H2,1-4H3,(H,20,22). The summed E-state index contributed by atoms with van der Waals surface area (Å²) in [5, 5.41) is 4.13. The van der Waals surface area contributed by atoms with Crippen molar-refractivity contribution in [2.75, 3.05) is 25.1 Å². The second-order valence-electron chi connectivity index (χ2n) is 7.33. The predicted octanol–water partition coefficient (Wildman–Crippen LogP) is 3.44. The van der Waals surface area contributed by atoms with Gasteiger partial charge in [-0.1, -0.05) is 11.3 Å². The minimum absolute atomic E-state index is 0.106. The van der Waals surface area contributed by atoms with Gasteiger partial charge >= 0.3 is 0 Å². The van der Waals surface area contributed by atoms with Gasteiger partial charge in [-0.25, -0.2) is 4.98 Å². The van der Waals surface area contributed by atoms with E-state index >= 15 is 0 Å². The Hall–Kier alpha value is -1.82. The van der Waals surface area contributed by atoms with Crippen LogP contribution in [-0.4, -0.2) is 36.6 Å². The maximum Gasteiger partial charge on any atom is 0.223 e. The number of nitrogens with zero attached hydrogens (tertiary/aromatic N) is 2. The summed E-state index contributed by atoms with van der Waals surface area (Å²) in [4.78, 5) is 19.3. The quantitative estimate of drug-likeness (QED) is 0.924. The van der Waals surface area contributed by atoms with Gasteiger partial charge in [-0.3, -0.25) is 4.79 Å². The molecular weight excluding hydrogens is 322 g/mol. The second kappa shape index (κ2) is 6.59. The Labute approximate surface area is 147 Å². The number of piperidine rings is 1. The van der Waals surface area contributed by atoms with E-state index in [2.05, 4.69) is 10.2 Å². The molecule has 1 aromatic carbocycles. The molecule has 0 bridgehead atoms. The number of amides is 1. The zero-order valence-corrected chi connectivity index (χ0v) is 15.6. The van der Waals surface area contributed by atoms with Gasteiger partial charge in [-0.05, 0) is 51.8 Å². The predicted molar refractivity (Wildman–Crippen MR) is 99.0 cm³/mol. The summed E-state index contributed by atoms with van der Waals surface area (Å²) in [5.41, 5.74) is 0.837. The molecule has 1 N–H and O–H groups in total. The Morgan fingerprint density at radius 3 is 2.67 bits per heavy atom. The number of ether oxygens (including phenoxy) is 1. The van der Waals surface area contributed by atoms with Crippen LogP contribution in [0.3, 0.4) is 0 Å². The lowest BCUT2D eigenvalue weighted by atomic mass is 9.95. The van der Waals surface area contributed by atoms with E-state index in [9.17, 15) is 4.79 Å². The second-order valence-corrected chi connectivity index (χ2v) is 8.34. The number of carbonyl (C=O) groups is 1. The number of hydrogen-bond donors (Lipinski definition) is 1. The van der Waals surface area contributed by atoms with E-state index in [1.165, 1.54) is 0 Å². The summed E-state index contributed by atoms with van der Waals surface area (Å²) in [5.74, 6) is 1.14. The molecule has 5 nitrogen and oxygen atoms in total. The fourth-order valence-corrected chi connectivity index (χ4v) is 4.01. The smallest absolute Gasteiger partial charge is 0.223 e. The molecule has 3 rings (SSSR count). The molecule has 1 amide bonds. The molecule has 1 aliphatic heterocycles. The highest BCUT2D eigenvalue weighted by molar-refractivity contribution is 7.22. The normalized spacial score (nSPS) is 16.4. The van der Waals surface area contributed by atoms with E-state index in [1.807, 2.05) is 39.0 Å². The van der Waals surface area contributed by atoms with Crippen molar-refractivity contribution in [3.8, 4) is 5.75 Å². The average Bonchev–Trinajstić information content (AvgIpc) is 2.96. The first kappa shape index (κ1) is 17.0. The molecule has 1 saturated heterocycles. The largest absolute Gasteiger partial charge is 0.497 e. The van der Waals surface area contributed by atoms with Gasteiger partial charge < -0.3 is 15.0 Å². The third kappa shape index (κ3) is 3.80. The Bertz CT molecular complexity index is 727. The Balaban J connectivity index is 1.65. The monoisotopic (exact) mass is 347 g/mol. The number of carbonyl (C=O) groups excluding carboxylic acids is 1. The topological polar surface area (TPSA) is 54.5 Å². The minimum atomic E-state index is -0.166. The van der Waals surface area contributed by atoms with E-state index in [-0.39, 0.29) is 17.4 Å². The van der Waals surface area contributed by atoms with Gasteiger partial charge in [0.2, 0.25) is 5.91 Å². The van der Waals surface area contributed by atoms with Crippen molar-refractivity contribution in [2.24, 2.45) is 5.92 Å². The van der Waals surface area contributed by atoms with Crippen molar-refractivity contribution in [1.29, 1.82) is 0 Å². The number of benzene rings is 1. The van der Waals surface area contributed by atoms with Crippen molar-refractivity contribution in [3.63, 3.8) is 0 Å². The number of thiazole rings is 1. The lowest BCUT2D eigenvalue weighted by molar-refractivity contribution is -0.127. The highest BCUT2D eigenvalue weighted by Crippen LogP contribution is 2.33. The number of rotatable bonds is 3. The number of nitrogens with one attached hydrogen (secondary N) is 1. The molecule has 0 atom stereocenters. The van der Waals surface area contributed by atoms with Crippen molar-refractivity contribution < 1.29 is 9.53 Å². The van der Waals surface area contributed by atoms with E-state index in [1.54, 1.807) is 18.4 Å². The third-order valence-corrected chi connectivity index (χ3v) is 5.30. The van der Waals surface area contributed by atoms with Crippen LogP contribution in [-0.2, 0) is 4.79 Å². The fraction of sp³-hybridized carbons (Fsp3) is 0.556. The highest BCUT2D eigenvalue weighted by atomic mass is 32.1. The maximum absolute atomic E-state index is 12.3. The van der Waals surface area contributed by atoms with Crippen LogP contribution in [0.1, 0.15) is 33.6 Å². The lowest BCUT2D eigenvalue weighted by Crippen LogP contribution is -2.47. The minimum Gasteiger partial charge on any atom is -0.497 e. The zero-order chi connectivity index (χ0) is 17.3. The van der Waals surface area contributed by atoms with Crippen LogP contribution >= 0.6 is 11.3 Å². The summed E-state index contributed by atoms with van der Waals surface area (Å²) < 4.78 is 6.41. The summed E-state index contributed by atoms with van der Waals surface area (Å²) >= 11 is 1.69. The molecule has 1 fully saturated rings. The van der Waals surface area contributed by atoms with Crippen molar-refractivity contribution >= 4 is 32.6 Å². The van der Waals surface area contributed by atoms with Crippen LogP contribution in [0.4, 0.5) is 5.13 Å². The van der Waals surface area contributed by atoms with Crippen LogP contribution in [0.2, 0.25) is 0 Å². The summed E-state index contributed by atoms with van der Waals surface area (Å²) in [6.07, 6.45) is 1.75. The van der Waals surface area contributed by atoms with Gasteiger partial charge in [-0.15, -0.1) is 0 Å². The summed E-state index contributed by atoms with van der Waals surface area (Å²) in [7, 11) is 1.68. The number of methoxy groups -OCH3 is 1. The molecule has 0 aliphatic carbocycles.